The molecule has 0 aliphatic heterocycles. The molecule has 4 N–H and O–H groups in total. The summed E-state index contributed by atoms with van der Waals surface area (Å²) in [6, 6.07) is 46.2. The van der Waals surface area contributed by atoms with Crippen LogP contribution in [0.1, 0.15) is 187 Å². The van der Waals surface area contributed by atoms with Crippen molar-refractivity contribution in [1.29, 1.82) is 0 Å². The van der Waals surface area contributed by atoms with Crippen LogP contribution in [0.3, 0.4) is 0 Å². The molecule has 320 valence electrons. The summed E-state index contributed by atoms with van der Waals surface area (Å²) in [6.45, 7) is 0. The lowest BCUT2D eigenvalue weighted by atomic mass is 9.78. The molecule has 4 heteroatoms. The molecule has 4 heterocycles. The number of H-pyrrole nitrogens is 4. The normalized spacial score (nSPS) is 21.4. The monoisotopic (exact) mass is 836 g/mol. The molecule has 0 amide bonds. The summed E-state index contributed by atoms with van der Waals surface area (Å²) in [5, 5.41) is 0. The first-order valence-corrected chi connectivity index (χ1v) is 24.9. The van der Waals surface area contributed by atoms with E-state index in [0.717, 1.165) is 51.4 Å². The molecule has 0 unspecified atom stereocenters. The number of rotatable bonds is 4. The number of nitrogens with one attached hydrogen (secondary N) is 4. The van der Waals surface area contributed by atoms with Crippen molar-refractivity contribution in [2.75, 3.05) is 0 Å². The van der Waals surface area contributed by atoms with E-state index in [1.165, 1.54) is 119 Å². The number of hydrogen-bond donors (Lipinski definition) is 4. The molecule has 8 bridgehead atoms. The lowest BCUT2D eigenvalue weighted by Crippen LogP contribution is -2.12. The van der Waals surface area contributed by atoms with E-state index in [-0.39, 0.29) is 23.7 Å². The molecule has 0 atom stereocenters. The van der Waals surface area contributed by atoms with Gasteiger partial charge in [0.05, 0.1) is 23.7 Å². The summed E-state index contributed by atoms with van der Waals surface area (Å²) in [5.74, 6) is 0.303. The van der Waals surface area contributed by atoms with Crippen molar-refractivity contribution in [1.82, 2.24) is 19.9 Å². The van der Waals surface area contributed by atoms with Gasteiger partial charge in [-0.2, -0.15) is 0 Å². The maximum absolute atomic E-state index is 4.47. The van der Waals surface area contributed by atoms with Gasteiger partial charge in [0.1, 0.15) is 0 Å². The highest BCUT2D eigenvalue weighted by Crippen LogP contribution is 2.51. The van der Waals surface area contributed by atoms with Crippen molar-refractivity contribution in [3.63, 3.8) is 0 Å². The zero-order valence-corrected chi connectivity index (χ0v) is 37.2. The van der Waals surface area contributed by atoms with E-state index in [9.17, 15) is 0 Å². The largest absolute Gasteiger partial charge is 0.360 e. The molecule has 4 aromatic heterocycles. The highest BCUT2D eigenvalue weighted by atomic mass is 14.9. The van der Waals surface area contributed by atoms with Crippen molar-refractivity contribution >= 4 is 0 Å². The Morgan fingerprint density at radius 2 is 0.375 bits per heavy atom. The van der Waals surface area contributed by atoms with Crippen LogP contribution in [0.15, 0.2) is 121 Å². The Bertz CT molecular complexity index is 2440. The molecule has 0 fully saturated rings. The van der Waals surface area contributed by atoms with Crippen LogP contribution in [0.25, 0.3) is 0 Å². The third-order valence-electron chi connectivity index (χ3n) is 16.4. The average Bonchev–Trinajstić information content (AvgIpc) is 4.14. The summed E-state index contributed by atoms with van der Waals surface area (Å²) in [4.78, 5) is 17.9. The minimum Gasteiger partial charge on any atom is -0.360 e. The van der Waals surface area contributed by atoms with Crippen molar-refractivity contribution < 1.29 is 0 Å². The fourth-order valence-electron chi connectivity index (χ4n) is 13.6. The molecule has 8 aromatic rings. The van der Waals surface area contributed by atoms with Gasteiger partial charge in [-0.3, -0.25) is 0 Å². The van der Waals surface area contributed by atoms with Gasteiger partial charge >= 0.3 is 0 Å². The summed E-state index contributed by atoms with van der Waals surface area (Å²) < 4.78 is 0. The third-order valence-corrected chi connectivity index (χ3v) is 16.4. The van der Waals surface area contributed by atoms with Crippen LogP contribution in [0.4, 0.5) is 0 Å². The second-order valence-corrected chi connectivity index (χ2v) is 19.8. The van der Waals surface area contributed by atoms with E-state index < -0.39 is 0 Å². The maximum atomic E-state index is 4.47. The van der Waals surface area contributed by atoms with Gasteiger partial charge in [-0.05, 0) is 169 Å². The zero-order valence-electron chi connectivity index (χ0n) is 37.2. The number of benzene rings is 4. The standard InChI is InChI=1S/C60H60N4/c1-5-21-37(22-6-1)49-53-41-29-13-15-31-43(41)55(61-53)50(38-23-7-2-8-24-38)57-45-33-17-19-35-47(45)59(63-57)52(40-27-11-4-12-28-40)60-48-36-20-18-34-46(48)58(64-60)51(39-25-9-3-10-26-39)56-44-32-16-14-30-42(44)54(49)62-56/h1-12,21-28,49-52,61-64H,13-20,29-36H2. The van der Waals surface area contributed by atoms with Gasteiger partial charge in [-0.15, -0.1) is 0 Å². The van der Waals surface area contributed by atoms with Gasteiger partial charge < -0.3 is 19.9 Å². The minimum absolute atomic E-state index is 0.0758. The predicted octanol–water partition coefficient (Wildman–Crippen LogP) is 13.5. The van der Waals surface area contributed by atoms with Crippen LogP contribution in [0.5, 0.6) is 0 Å². The van der Waals surface area contributed by atoms with Crippen molar-refractivity contribution in [2.45, 2.75) is 126 Å². The first-order valence-electron chi connectivity index (χ1n) is 24.9. The van der Waals surface area contributed by atoms with Crippen molar-refractivity contribution in [3.8, 4) is 0 Å². The molecule has 5 aliphatic rings. The maximum Gasteiger partial charge on any atom is 0.0647 e. The van der Waals surface area contributed by atoms with Gasteiger partial charge in [0.25, 0.3) is 0 Å². The van der Waals surface area contributed by atoms with Crippen LogP contribution < -0.4 is 0 Å². The molecule has 13 rings (SSSR count). The van der Waals surface area contributed by atoms with Crippen LogP contribution in [-0.2, 0) is 51.4 Å². The molecule has 0 radical (unpaired) electrons. The van der Waals surface area contributed by atoms with E-state index in [2.05, 4.69) is 141 Å². The Morgan fingerprint density at radius 3 is 0.531 bits per heavy atom. The summed E-state index contributed by atoms with van der Waals surface area (Å²) in [6.07, 6.45) is 18.9. The van der Waals surface area contributed by atoms with E-state index in [1.807, 2.05) is 0 Å². The number of aromatic amines is 4. The van der Waals surface area contributed by atoms with Crippen LogP contribution in [-0.4, -0.2) is 19.9 Å². The topological polar surface area (TPSA) is 63.2 Å². The molecule has 0 saturated heterocycles. The first kappa shape index (κ1) is 38.5. The smallest absolute Gasteiger partial charge is 0.0647 e. The number of hydrogen-bond acceptors (Lipinski definition) is 0. The molecular formula is C60H60N4. The number of aromatic nitrogens is 4. The lowest BCUT2D eigenvalue weighted by Gasteiger charge is -2.23. The Morgan fingerprint density at radius 1 is 0.219 bits per heavy atom. The Hall–Kier alpha value is -6.00. The van der Waals surface area contributed by atoms with Crippen LogP contribution in [0, 0.1) is 0 Å². The van der Waals surface area contributed by atoms with E-state index >= 15 is 0 Å². The summed E-state index contributed by atoms with van der Waals surface area (Å²) in [7, 11) is 0. The van der Waals surface area contributed by atoms with Crippen LogP contribution in [0.2, 0.25) is 0 Å². The molecule has 0 saturated carbocycles. The fourth-order valence-corrected chi connectivity index (χ4v) is 13.6. The van der Waals surface area contributed by atoms with Crippen LogP contribution >= 0.6 is 0 Å². The highest BCUT2D eigenvalue weighted by molar-refractivity contribution is 5.61. The van der Waals surface area contributed by atoms with E-state index in [0.29, 0.717) is 0 Å². The molecule has 0 spiro atoms. The Balaban J connectivity index is 1.19. The lowest BCUT2D eigenvalue weighted by molar-refractivity contribution is 0.665. The third kappa shape index (κ3) is 6.15. The fraction of sp³-hybridized carbons (Fsp3) is 0.333. The van der Waals surface area contributed by atoms with Gasteiger partial charge in [-0.1, -0.05) is 121 Å². The quantitative estimate of drug-likeness (QED) is 0.136. The van der Waals surface area contributed by atoms with Gasteiger partial charge in [0, 0.05) is 45.6 Å². The second kappa shape index (κ2) is 15.9. The van der Waals surface area contributed by atoms with Crippen molar-refractivity contribution in [2.24, 2.45) is 0 Å². The molecule has 4 aromatic carbocycles. The van der Waals surface area contributed by atoms with E-state index in [1.54, 1.807) is 44.5 Å². The average molecular weight is 837 g/mol. The molecule has 64 heavy (non-hydrogen) atoms. The van der Waals surface area contributed by atoms with Gasteiger partial charge in [0.15, 0.2) is 0 Å². The van der Waals surface area contributed by atoms with E-state index in [4.69, 9.17) is 0 Å². The van der Waals surface area contributed by atoms with Gasteiger partial charge in [0.2, 0.25) is 0 Å². The molecule has 4 nitrogen and oxygen atoms in total. The van der Waals surface area contributed by atoms with Crippen molar-refractivity contribution in [3.05, 3.63) is 234 Å². The summed E-state index contributed by atoms with van der Waals surface area (Å²) >= 11 is 0. The summed E-state index contributed by atoms with van der Waals surface area (Å²) in [5.41, 5.74) is 29.5. The zero-order chi connectivity index (χ0) is 42.1. The minimum atomic E-state index is 0.0758. The molecular weight excluding hydrogens is 777 g/mol. The molecule has 5 aliphatic carbocycles. The Kier molecular flexibility index (Phi) is 9.56. The van der Waals surface area contributed by atoms with Gasteiger partial charge in [-0.25, -0.2) is 0 Å². The first-order chi connectivity index (χ1) is 31.8. The Labute approximate surface area is 378 Å². The second-order valence-electron chi connectivity index (χ2n) is 19.8. The highest BCUT2D eigenvalue weighted by Gasteiger charge is 2.41. The SMILES string of the molecule is c1ccc(C2c3[nH]c(c4c3CCCC4)C(c3ccccc3)c3[nH]c(c4c3CCCC4)C(c3ccccc3)c3[nH]c(c4c3CCCC4)C(c3ccccc3)c3[nH]c2c2c3CCCC2)cc1. The predicted molar refractivity (Wildman–Crippen MR) is 259 cm³/mol.